The maximum absolute atomic E-state index is 12.4. The van der Waals surface area contributed by atoms with Crippen molar-refractivity contribution in [2.24, 2.45) is 5.92 Å². The molecule has 0 radical (unpaired) electrons. The lowest BCUT2D eigenvalue weighted by molar-refractivity contribution is -0.127. The molecule has 0 aromatic carbocycles. The van der Waals surface area contributed by atoms with Gasteiger partial charge in [0.1, 0.15) is 11.6 Å². The van der Waals surface area contributed by atoms with E-state index in [0.717, 1.165) is 62.3 Å². The molecule has 2 heterocycles. The van der Waals surface area contributed by atoms with E-state index in [1.165, 1.54) is 19.3 Å². The molecule has 35 heavy (non-hydrogen) atoms. The molecule has 3 rings (SSSR count). The maximum Gasteiger partial charge on any atom is 0.345 e. The highest BCUT2D eigenvalue weighted by Crippen LogP contribution is 2.28. The molecular weight excluding hydrogens is 452 g/mol. The molecule has 1 saturated carbocycles. The van der Waals surface area contributed by atoms with Gasteiger partial charge in [0, 0.05) is 62.2 Å². The first-order valence-corrected chi connectivity index (χ1v) is 13.1. The van der Waals surface area contributed by atoms with Crippen LogP contribution in [0.4, 0.5) is 14.6 Å². The zero-order valence-corrected chi connectivity index (χ0v) is 22.0. The zero-order chi connectivity index (χ0) is 25.6. The minimum Gasteiger partial charge on any atom is -0.354 e. The van der Waals surface area contributed by atoms with Crippen molar-refractivity contribution < 1.29 is 18.3 Å². The number of amides is 1. The van der Waals surface area contributed by atoms with Gasteiger partial charge >= 0.3 is 6.61 Å². The second-order valence-electron chi connectivity index (χ2n) is 11.2. The number of alkyl halides is 2. The fourth-order valence-corrected chi connectivity index (χ4v) is 5.17. The van der Waals surface area contributed by atoms with Gasteiger partial charge < -0.3 is 15.0 Å². The number of nitrogens with zero attached hydrogens (tertiary/aromatic N) is 4. The van der Waals surface area contributed by atoms with Crippen LogP contribution in [0.25, 0.3) is 0 Å². The van der Waals surface area contributed by atoms with Crippen LogP contribution in [-0.4, -0.2) is 72.3 Å². The Labute approximate surface area is 209 Å². The van der Waals surface area contributed by atoms with Crippen molar-refractivity contribution in [2.45, 2.75) is 97.3 Å². The van der Waals surface area contributed by atoms with Gasteiger partial charge in [-0.15, -0.1) is 0 Å². The Kier molecular flexibility index (Phi) is 9.81. The minimum absolute atomic E-state index is 0.0617. The van der Waals surface area contributed by atoms with Gasteiger partial charge in [0.2, 0.25) is 5.91 Å². The van der Waals surface area contributed by atoms with Crippen LogP contribution >= 0.6 is 0 Å². The molecule has 9 heteroatoms. The van der Waals surface area contributed by atoms with E-state index in [9.17, 15) is 13.6 Å². The predicted octanol–water partition coefficient (Wildman–Crippen LogP) is 4.15. The molecule has 0 spiro atoms. The number of carbonyl (C=O) groups excluding carboxylic acids is 1. The fraction of sp³-hybridized carbons (Fsp3) is 0.808. The van der Waals surface area contributed by atoms with Gasteiger partial charge in [-0.2, -0.15) is 8.78 Å². The SMILES string of the molecule is CC(=O)NC1CCC(CCN2CCN(c3cc(CCOC(F)F)nc(C(C)(C)C)n3)C(C)C2)CC1. The second-order valence-corrected chi connectivity index (χ2v) is 11.2. The van der Waals surface area contributed by atoms with Crippen LogP contribution in [0.5, 0.6) is 0 Å². The molecular formula is C26H43F2N5O2. The quantitative estimate of drug-likeness (QED) is 0.555. The number of aromatic nitrogens is 2. The Morgan fingerprint density at radius 1 is 1.20 bits per heavy atom. The molecule has 198 valence electrons. The number of ether oxygens (including phenoxy) is 1. The van der Waals surface area contributed by atoms with Crippen LogP contribution in [0.2, 0.25) is 0 Å². The Morgan fingerprint density at radius 2 is 1.91 bits per heavy atom. The third-order valence-electron chi connectivity index (χ3n) is 7.15. The van der Waals surface area contributed by atoms with Crippen molar-refractivity contribution in [3.05, 3.63) is 17.6 Å². The van der Waals surface area contributed by atoms with E-state index < -0.39 is 6.61 Å². The highest BCUT2D eigenvalue weighted by molar-refractivity contribution is 5.73. The van der Waals surface area contributed by atoms with Crippen molar-refractivity contribution in [3.63, 3.8) is 0 Å². The number of carbonyl (C=O) groups is 1. The van der Waals surface area contributed by atoms with Crippen LogP contribution in [0, 0.1) is 5.92 Å². The minimum atomic E-state index is -2.77. The van der Waals surface area contributed by atoms with E-state index in [0.29, 0.717) is 18.5 Å². The molecule has 1 unspecified atom stereocenters. The third-order valence-corrected chi connectivity index (χ3v) is 7.15. The van der Waals surface area contributed by atoms with Gasteiger partial charge in [0.25, 0.3) is 0 Å². The van der Waals surface area contributed by atoms with E-state index in [1.807, 2.05) is 6.07 Å². The summed E-state index contributed by atoms with van der Waals surface area (Å²) < 4.78 is 29.3. The van der Waals surface area contributed by atoms with Gasteiger partial charge in [-0.25, -0.2) is 9.97 Å². The molecule has 1 aliphatic carbocycles. The standard InChI is InChI=1S/C26H43F2N5O2/c1-18-17-32(12-10-20-6-8-21(9-7-20)29-19(2)34)13-14-33(18)23-16-22(11-15-35-25(27)28)30-24(31-23)26(3,4)5/h16,18,20-21,25H,6-15,17H2,1-5H3,(H,29,34). The van der Waals surface area contributed by atoms with Gasteiger partial charge in [0.15, 0.2) is 0 Å². The Bertz CT molecular complexity index is 824. The summed E-state index contributed by atoms with van der Waals surface area (Å²) in [6.45, 7) is 11.1. The molecule has 2 fully saturated rings. The van der Waals surface area contributed by atoms with Gasteiger partial charge in [0.05, 0.1) is 6.61 Å². The summed E-state index contributed by atoms with van der Waals surface area (Å²) in [7, 11) is 0. The van der Waals surface area contributed by atoms with Crippen molar-refractivity contribution >= 4 is 11.7 Å². The summed E-state index contributed by atoms with van der Waals surface area (Å²) in [6.07, 6.45) is 6.09. The van der Waals surface area contributed by atoms with E-state index in [1.54, 1.807) is 6.92 Å². The first kappa shape index (κ1) is 27.7. The van der Waals surface area contributed by atoms with E-state index in [-0.39, 0.29) is 17.9 Å². The Morgan fingerprint density at radius 3 is 2.51 bits per heavy atom. The van der Waals surface area contributed by atoms with Crippen molar-refractivity contribution in [2.75, 3.05) is 37.7 Å². The zero-order valence-electron chi connectivity index (χ0n) is 22.0. The molecule has 0 bridgehead atoms. The number of anilines is 1. The summed E-state index contributed by atoms with van der Waals surface area (Å²) >= 11 is 0. The summed E-state index contributed by atoms with van der Waals surface area (Å²) in [6, 6.07) is 2.58. The van der Waals surface area contributed by atoms with Gasteiger partial charge in [-0.05, 0) is 51.5 Å². The predicted molar refractivity (Wildman–Crippen MR) is 134 cm³/mol. The van der Waals surface area contributed by atoms with Crippen LogP contribution < -0.4 is 10.2 Å². The molecule has 1 N–H and O–H groups in total. The average Bonchev–Trinajstić information content (AvgIpc) is 2.77. The van der Waals surface area contributed by atoms with E-state index >= 15 is 0 Å². The molecule has 1 aromatic heterocycles. The molecule has 1 aliphatic heterocycles. The van der Waals surface area contributed by atoms with Crippen LogP contribution in [0.15, 0.2) is 6.07 Å². The Hall–Kier alpha value is -1.87. The topological polar surface area (TPSA) is 70.6 Å². The number of halogens is 2. The largest absolute Gasteiger partial charge is 0.354 e. The molecule has 1 aromatic rings. The van der Waals surface area contributed by atoms with E-state index in [2.05, 4.69) is 52.5 Å². The third kappa shape index (κ3) is 8.63. The normalized spacial score (nSPS) is 24.1. The number of hydrogen-bond donors (Lipinski definition) is 1. The monoisotopic (exact) mass is 495 g/mol. The molecule has 1 amide bonds. The number of nitrogens with one attached hydrogen (secondary N) is 1. The highest BCUT2D eigenvalue weighted by Gasteiger charge is 2.28. The van der Waals surface area contributed by atoms with Crippen LogP contribution in [-0.2, 0) is 21.4 Å². The van der Waals surface area contributed by atoms with Crippen molar-refractivity contribution in [3.8, 4) is 0 Å². The van der Waals surface area contributed by atoms with Crippen LogP contribution in [0.1, 0.15) is 78.2 Å². The summed E-state index contributed by atoms with van der Waals surface area (Å²) in [5.74, 6) is 2.42. The molecule has 1 saturated heterocycles. The van der Waals surface area contributed by atoms with Gasteiger partial charge in [-0.3, -0.25) is 9.69 Å². The van der Waals surface area contributed by atoms with Crippen LogP contribution in [0.3, 0.4) is 0 Å². The lowest BCUT2D eigenvalue weighted by Crippen LogP contribution is -2.52. The number of hydrogen-bond acceptors (Lipinski definition) is 6. The second kappa shape index (κ2) is 12.4. The molecule has 7 nitrogen and oxygen atoms in total. The number of piperazine rings is 1. The summed E-state index contributed by atoms with van der Waals surface area (Å²) in [4.78, 5) is 25.7. The van der Waals surface area contributed by atoms with Crippen molar-refractivity contribution in [1.29, 1.82) is 0 Å². The Balaban J connectivity index is 1.55. The first-order chi connectivity index (χ1) is 16.5. The molecule has 1 atom stereocenters. The summed E-state index contributed by atoms with van der Waals surface area (Å²) in [5.41, 5.74) is 0.503. The average molecular weight is 496 g/mol. The fourth-order valence-electron chi connectivity index (χ4n) is 5.17. The highest BCUT2D eigenvalue weighted by atomic mass is 19.3. The first-order valence-electron chi connectivity index (χ1n) is 13.1. The van der Waals surface area contributed by atoms with E-state index in [4.69, 9.17) is 4.98 Å². The lowest BCUT2D eigenvalue weighted by Gasteiger charge is -2.41. The van der Waals surface area contributed by atoms with Gasteiger partial charge in [-0.1, -0.05) is 20.8 Å². The number of rotatable bonds is 9. The van der Waals surface area contributed by atoms with Crippen molar-refractivity contribution in [1.82, 2.24) is 20.2 Å². The molecule has 2 aliphatic rings. The smallest absolute Gasteiger partial charge is 0.345 e. The summed E-state index contributed by atoms with van der Waals surface area (Å²) in [5, 5.41) is 3.06. The lowest BCUT2D eigenvalue weighted by atomic mass is 9.84. The maximum atomic E-state index is 12.4.